The number of likely N-dealkylation sites (tertiary alicyclic amines) is 1. The molecule has 2 aromatic rings. The fourth-order valence-corrected chi connectivity index (χ4v) is 4.24. The second-order valence-electron chi connectivity index (χ2n) is 6.34. The zero-order valence-corrected chi connectivity index (χ0v) is 16.0. The largest absolute Gasteiger partial charge is 0.339 e. The molecule has 0 radical (unpaired) electrons. The lowest BCUT2D eigenvalue weighted by Gasteiger charge is -2.35. The fourth-order valence-electron chi connectivity index (χ4n) is 3.29. The number of amides is 1. The third-order valence-electron chi connectivity index (χ3n) is 4.67. The molecule has 2 aromatic heterocycles. The maximum Gasteiger partial charge on any atom is 0.228 e. The van der Waals surface area contributed by atoms with Crippen molar-refractivity contribution in [3.05, 3.63) is 27.5 Å². The summed E-state index contributed by atoms with van der Waals surface area (Å²) in [6.07, 6.45) is 4.84. The molecule has 24 heavy (non-hydrogen) atoms. The highest BCUT2D eigenvalue weighted by Gasteiger charge is 2.26. The van der Waals surface area contributed by atoms with Gasteiger partial charge in [-0.1, -0.05) is 18.5 Å². The van der Waals surface area contributed by atoms with Gasteiger partial charge in [-0.2, -0.15) is 5.10 Å². The van der Waals surface area contributed by atoms with E-state index in [4.69, 9.17) is 11.6 Å². The van der Waals surface area contributed by atoms with Gasteiger partial charge < -0.3 is 4.90 Å². The Labute approximate surface area is 151 Å². The predicted molar refractivity (Wildman–Crippen MR) is 97.1 cm³/mol. The molecule has 3 rings (SSSR count). The van der Waals surface area contributed by atoms with E-state index in [9.17, 15) is 4.79 Å². The number of rotatable bonds is 4. The molecule has 0 saturated carbocycles. The van der Waals surface area contributed by atoms with Crippen molar-refractivity contribution < 1.29 is 4.79 Å². The van der Waals surface area contributed by atoms with Crippen LogP contribution in [0.1, 0.15) is 49.7 Å². The van der Waals surface area contributed by atoms with Gasteiger partial charge in [-0.3, -0.25) is 4.79 Å². The van der Waals surface area contributed by atoms with Crippen molar-refractivity contribution in [2.45, 2.75) is 58.9 Å². The van der Waals surface area contributed by atoms with E-state index in [0.717, 1.165) is 48.0 Å². The molecule has 1 saturated heterocycles. The van der Waals surface area contributed by atoms with Gasteiger partial charge in [0.1, 0.15) is 0 Å². The minimum absolute atomic E-state index is 0.185. The van der Waals surface area contributed by atoms with Crippen molar-refractivity contribution in [3.63, 3.8) is 0 Å². The Hall–Kier alpha value is -1.40. The fraction of sp³-hybridized carbons (Fsp3) is 0.588. The second kappa shape index (κ2) is 7.23. The average molecular weight is 367 g/mol. The number of aryl methyl sites for hydroxylation is 1. The molecule has 5 nitrogen and oxygen atoms in total. The van der Waals surface area contributed by atoms with Gasteiger partial charge in [-0.25, -0.2) is 9.67 Å². The summed E-state index contributed by atoms with van der Waals surface area (Å²) in [5, 5.41) is 7.80. The van der Waals surface area contributed by atoms with Crippen LogP contribution in [0.3, 0.4) is 0 Å². The second-order valence-corrected chi connectivity index (χ2v) is 7.55. The Morgan fingerprint density at radius 1 is 1.42 bits per heavy atom. The van der Waals surface area contributed by atoms with Crippen LogP contribution in [0.4, 0.5) is 0 Å². The van der Waals surface area contributed by atoms with Crippen LogP contribution >= 0.6 is 22.9 Å². The van der Waals surface area contributed by atoms with Crippen molar-refractivity contribution in [2.24, 2.45) is 0 Å². The Morgan fingerprint density at radius 2 is 2.21 bits per heavy atom. The summed E-state index contributed by atoms with van der Waals surface area (Å²) in [5.74, 6) is 0.185. The zero-order chi connectivity index (χ0) is 17.3. The standard InChI is InChI=1S/C17H23ClN4OS/c1-4-14-7-5-6-8-21(14)15(23)9-13-10-24-17(19-13)22-12(3)16(18)11(2)20-22/h10,14H,4-9H2,1-3H3/t14-/m0/s1. The Morgan fingerprint density at radius 3 is 2.88 bits per heavy atom. The van der Waals surface area contributed by atoms with Crippen LogP contribution in [-0.4, -0.2) is 38.2 Å². The number of nitrogens with zero attached hydrogens (tertiary/aromatic N) is 4. The van der Waals surface area contributed by atoms with Crippen molar-refractivity contribution in [2.75, 3.05) is 6.54 Å². The summed E-state index contributed by atoms with van der Waals surface area (Å²) in [6, 6.07) is 0.388. The Kier molecular flexibility index (Phi) is 5.25. The summed E-state index contributed by atoms with van der Waals surface area (Å²) in [5.41, 5.74) is 2.48. The van der Waals surface area contributed by atoms with E-state index in [-0.39, 0.29) is 5.91 Å². The van der Waals surface area contributed by atoms with Gasteiger partial charge >= 0.3 is 0 Å². The predicted octanol–water partition coefficient (Wildman–Crippen LogP) is 3.93. The number of hydrogen-bond donors (Lipinski definition) is 0. The quantitative estimate of drug-likeness (QED) is 0.823. The van der Waals surface area contributed by atoms with E-state index in [0.29, 0.717) is 17.5 Å². The van der Waals surface area contributed by atoms with Crippen LogP contribution in [0.2, 0.25) is 5.02 Å². The molecular formula is C17H23ClN4OS. The molecule has 130 valence electrons. The van der Waals surface area contributed by atoms with Crippen LogP contribution in [0.25, 0.3) is 5.13 Å². The monoisotopic (exact) mass is 366 g/mol. The van der Waals surface area contributed by atoms with Gasteiger partial charge in [0.25, 0.3) is 0 Å². The van der Waals surface area contributed by atoms with Crippen molar-refractivity contribution in [1.82, 2.24) is 19.7 Å². The molecule has 1 fully saturated rings. The van der Waals surface area contributed by atoms with Crippen LogP contribution < -0.4 is 0 Å². The Balaban J connectivity index is 1.74. The molecule has 1 aliphatic rings. The molecule has 0 aromatic carbocycles. The first-order valence-electron chi connectivity index (χ1n) is 8.47. The van der Waals surface area contributed by atoms with Gasteiger partial charge in [0.15, 0.2) is 0 Å². The van der Waals surface area contributed by atoms with Gasteiger partial charge in [0.2, 0.25) is 11.0 Å². The molecular weight excluding hydrogens is 344 g/mol. The number of carbonyl (C=O) groups is 1. The molecule has 1 aliphatic heterocycles. The summed E-state index contributed by atoms with van der Waals surface area (Å²) in [6.45, 7) is 6.84. The number of aromatic nitrogens is 3. The van der Waals surface area contributed by atoms with Gasteiger partial charge in [-0.05, 0) is 39.5 Å². The molecule has 0 bridgehead atoms. The zero-order valence-electron chi connectivity index (χ0n) is 14.4. The number of carbonyl (C=O) groups excluding carboxylic acids is 1. The highest BCUT2D eigenvalue weighted by atomic mass is 35.5. The number of hydrogen-bond acceptors (Lipinski definition) is 4. The third-order valence-corrected chi connectivity index (χ3v) is 6.09. The summed E-state index contributed by atoms with van der Waals surface area (Å²) in [7, 11) is 0. The van der Waals surface area contributed by atoms with E-state index in [1.807, 2.05) is 24.1 Å². The molecule has 0 unspecified atom stereocenters. The van der Waals surface area contributed by atoms with Crippen LogP contribution in [0.5, 0.6) is 0 Å². The molecule has 3 heterocycles. The van der Waals surface area contributed by atoms with Gasteiger partial charge in [0.05, 0.1) is 28.5 Å². The summed E-state index contributed by atoms with van der Waals surface area (Å²) < 4.78 is 1.76. The molecule has 0 N–H and O–H groups in total. The number of thiazole rings is 1. The minimum atomic E-state index is 0.185. The average Bonchev–Trinajstić information content (AvgIpc) is 3.15. The first-order chi connectivity index (χ1) is 11.5. The van der Waals surface area contributed by atoms with E-state index in [1.54, 1.807) is 4.68 Å². The van der Waals surface area contributed by atoms with E-state index in [1.165, 1.54) is 17.8 Å². The van der Waals surface area contributed by atoms with E-state index >= 15 is 0 Å². The van der Waals surface area contributed by atoms with Gasteiger partial charge in [0, 0.05) is 18.0 Å². The number of halogens is 1. The lowest BCUT2D eigenvalue weighted by Crippen LogP contribution is -2.44. The molecule has 0 aliphatic carbocycles. The normalized spacial score (nSPS) is 18.2. The third kappa shape index (κ3) is 3.35. The molecule has 7 heteroatoms. The van der Waals surface area contributed by atoms with Gasteiger partial charge in [-0.15, -0.1) is 11.3 Å². The SMILES string of the molecule is CC[C@H]1CCCCN1C(=O)Cc1csc(-n2nc(C)c(Cl)c2C)n1. The summed E-state index contributed by atoms with van der Waals surface area (Å²) >= 11 is 7.70. The lowest BCUT2D eigenvalue weighted by molar-refractivity contribution is -0.134. The highest BCUT2D eigenvalue weighted by Crippen LogP contribution is 2.25. The lowest BCUT2D eigenvalue weighted by atomic mass is 9.99. The minimum Gasteiger partial charge on any atom is -0.339 e. The van der Waals surface area contributed by atoms with Crippen molar-refractivity contribution in [3.8, 4) is 5.13 Å². The number of piperidine rings is 1. The first-order valence-corrected chi connectivity index (χ1v) is 9.73. The molecule has 1 atom stereocenters. The molecule has 1 amide bonds. The Bertz CT molecular complexity index is 739. The summed E-state index contributed by atoms with van der Waals surface area (Å²) in [4.78, 5) is 19.3. The van der Waals surface area contributed by atoms with Crippen LogP contribution in [0, 0.1) is 13.8 Å². The topological polar surface area (TPSA) is 51.0 Å². The van der Waals surface area contributed by atoms with E-state index in [2.05, 4.69) is 17.0 Å². The maximum atomic E-state index is 12.7. The van der Waals surface area contributed by atoms with Crippen LogP contribution in [0.15, 0.2) is 5.38 Å². The highest BCUT2D eigenvalue weighted by molar-refractivity contribution is 7.12. The smallest absolute Gasteiger partial charge is 0.228 e. The van der Waals surface area contributed by atoms with Crippen molar-refractivity contribution in [1.29, 1.82) is 0 Å². The van der Waals surface area contributed by atoms with Crippen molar-refractivity contribution >= 4 is 28.8 Å². The van der Waals surface area contributed by atoms with E-state index < -0.39 is 0 Å². The first kappa shape index (κ1) is 17.4. The molecule has 0 spiro atoms. The van der Waals surface area contributed by atoms with Crippen LogP contribution in [-0.2, 0) is 11.2 Å². The maximum absolute atomic E-state index is 12.7.